The van der Waals surface area contributed by atoms with E-state index in [0.29, 0.717) is 29.2 Å². The lowest BCUT2D eigenvalue weighted by Gasteiger charge is -2.12. The predicted octanol–water partition coefficient (Wildman–Crippen LogP) is 5.77. The van der Waals surface area contributed by atoms with Crippen molar-refractivity contribution < 1.29 is 19.1 Å². The normalized spacial score (nSPS) is 10.2. The van der Waals surface area contributed by atoms with Gasteiger partial charge in [-0.25, -0.2) is 4.79 Å². The number of esters is 1. The van der Waals surface area contributed by atoms with Crippen LogP contribution in [0.1, 0.15) is 27.0 Å². The van der Waals surface area contributed by atoms with E-state index < -0.39 is 18.5 Å². The van der Waals surface area contributed by atoms with Gasteiger partial charge in [-0.15, -0.1) is 0 Å². The Hall–Kier alpha value is -3.15. The molecule has 0 aromatic heterocycles. The third-order valence-corrected chi connectivity index (χ3v) is 5.55. The van der Waals surface area contributed by atoms with Crippen LogP contribution in [0.15, 0.2) is 69.6 Å². The number of rotatable bonds is 7. The largest absolute Gasteiger partial charge is 0.487 e. The van der Waals surface area contributed by atoms with Gasteiger partial charge in [-0.2, -0.15) is 5.26 Å². The number of halogens is 2. The Morgan fingerprint density at radius 2 is 1.69 bits per heavy atom. The van der Waals surface area contributed by atoms with Crippen LogP contribution in [0.2, 0.25) is 0 Å². The number of hydrogen-bond donors (Lipinski definition) is 1. The highest BCUT2D eigenvalue weighted by Gasteiger charge is 2.12. The summed E-state index contributed by atoms with van der Waals surface area (Å²) in [5.41, 5.74) is 2.98. The average molecular weight is 558 g/mol. The van der Waals surface area contributed by atoms with E-state index in [2.05, 4.69) is 37.2 Å². The van der Waals surface area contributed by atoms with E-state index in [1.54, 1.807) is 48.5 Å². The van der Waals surface area contributed by atoms with Gasteiger partial charge >= 0.3 is 5.97 Å². The summed E-state index contributed by atoms with van der Waals surface area (Å²) < 4.78 is 12.6. The van der Waals surface area contributed by atoms with Gasteiger partial charge in [-0.05, 0) is 86.3 Å². The maximum atomic E-state index is 12.2. The van der Waals surface area contributed by atoms with Gasteiger partial charge in [0.1, 0.15) is 18.4 Å². The lowest BCUT2D eigenvalue weighted by molar-refractivity contribution is -0.119. The van der Waals surface area contributed by atoms with Crippen LogP contribution in [0.4, 0.5) is 5.69 Å². The smallest absolute Gasteiger partial charge is 0.338 e. The molecule has 3 aromatic rings. The van der Waals surface area contributed by atoms with E-state index in [0.717, 1.165) is 20.1 Å². The molecule has 0 heterocycles. The first-order chi connectivity index (χ1) is 15.4. The fourth-order valence-corrected chi connectivity index (χ4v) is 4.45. The maximum absolute atomic E-state index is 12.2. The van der Waals surface area contributed by atoms with Crippen molar-refractivity contribution in [1.29, 1.82) is 5.26 Å². The number of aryl methyl sites for hydroxylation is 1. The van der Waals surface area contributed by atoms with Crippen LogP contribution < -0.4 is 10.1 Å². The zero-order chi connectivity index (χ0) is 23.1. The van der Waals surface area contributed by atoms with Crippen LogP contribution in [0.3, 0.4) is 0 Å². The highest BCUT2D eigenvalue weighted by Crippen LogP contribution is 2.35. The van der Waals surface area contributed by atoms with Crippen molar-refractivity contribution in [2.45, 2.75) is 13.5 Å². The zero-order valence-corrected chi connectivity index (χ0v) is 20.2. The minimum Gasteiger partial charge on any atom is -0.487 e. The van der Waals surface area contributed by atoms with Crippen molar-refractivity contribution >= 4 is 49.4 Å². The number of amides is 1. The molecular weight excluding hydrogens is 540 g/mol. The van der Waals surface area contributed by atoms with Crippen LogP contribution in [-0.4, -0.2) is 18.5 Å². The Balaban J connectivity index is 1.53. The first-order valence-corrected chi connectivity index (χ1v) is 11.1. The van der Waals surface area contributed by atoms with E-state index in [4.69, 9.17) is 14.7 Å². The number of ether oxygens (including phenoxy) is 2. The summed E-state index contributed by atoms with van der Waals surface area (Å²) in [6.07, 6.45) is 0. The molecule has 3 aromatic carbocycles. The van der Waals surface area contributed by atoms with Crippen LogP contribution in [0.25, 0.3) is 0 Å². The van der Waals surface area contributed by atoms with Crippen LogP contribution in [0.5, 0.6) is 5.75 Å². The second-order valence-corrected chi connectivity index (χ2v) is 8.53. The minimum atomic E-state index is -0.620. The molecule has 0 atom stereocenters. The number of nitrogens with one attached hydrogen (secondary N) is 1. The predicted molar refractivity (Wildman–Crippen MR) is 127 cm³/mol. The SMILES string of the molecule is Cc1cc(Br)c(OCc2ccc(C(=O)OCC(=O)Nc3ccccc3C#N)cc2)c(Br)c1. The number of carbonyl (C=O) groups excluding carboxylic acids is 2. The number of nitriles is 1. The summed E-state index contributed by atoms with van der Waals surface area (Å²) in [5, 5.41) is 11.6. The fourth-order valence-electron chi connectivity index (χ4n) is 2.81. The first-order valence-electron chi connectivity index (χ1n) is 9.51. The van der Waals surface area contributed by atoms with Crippen molar-refractivity contribution in [3.05, 3.63) is 91.9 Å². The summed E-state index contributed by atoms with van der Waals surface area (Å²) in [6, 6.07) is 19.3. The molecule has 0 bridgehead atoms. The maximum Gasteiger partial charge on any atom is 0.338 e. The zero-order valence-electron chi connectivity index (χ0n) is 17.0. The Labute approximate surface area is 202 Å². The van der Waals surface area contributed by atoms with Gasteiger partial charge in [0.25, 0.3) is 5.91 Å². The van der Waals surface area contributed by atoms with E-state index in [-0.39, 0.29) is 0 Å². The van der Waals surface area contributed by atoms with Gasteiger partial charge in [-0.1, -0.05) is 24.3 Å². The van der Waals surface area contributed by atoms with Crippen molar-refractivity contribution in [3.63, 3.8) is 0 Å². The third kappa shape index (κ3) is 6.19. The number of carbonyl (C=O) groups is 2. The number of benzene rings is 3. The van der Waals surface area contributed by atoms with E-state index in [9.17, 15) is 9.59 Å². The highest BCUT2D eigenvalue weighted by molar-refractivity contribution is 9.11. The number of para-hydroxylation sites is 1. The lowest BCUT2D eigenvalue weighted by Crippen LogP contribution is -2.21. The molecule has 0 aliphatic heterocycles. The minimum absolute atomic E-state index is 0.316. The van der Waals surface area contributed by atoms with Gasteiger partial charge in [0.05, 0.1) is 25.8 Å². The van der Waals surface area contributed by atoms with Crippen molar-refractivity contribution in [1.82, 2.24) is 0 Å². The summed E-state index contributed by atoms with van der Waals surface area (Å²) in [7, 11) is 0. The lowest BCUT2D eigenvalue weighted by atomic mass is 10.1. The molecule has 0 saturated heterocycles. The third-order valence-electron chi connectivity index (χ3n) is 4.37. The van der Waals surface area contributed by atoms with Gasteiger partial charge in [0.2, 0.25) is 0 Å². The molecule has 0 spiro atoms. The topological polar surface area (TPSA) is 88.4 Å². The second kappa shape index (κ2) is 10.9. The molecule has 0 radical (unpaired) electrons. The van der Waals surface area contributed by atoms with Crippen molar-refractivity contribution in [2.75, 3.05) is 11.9 Å². The summed E-state index contributed by atoms with van der Waals surface area (Å²) in [4.78, 5) is 24.3. The van der Waals surface area contributed by atoms with Crippen molar-refractivity contribution in [3.8, 4) is 11.8 Å². The Kier molecular flexibility index (Phi) is 8.03. The number of hydrogen-bond acceptors (Lipinski definition) is 5. The molecule has 6 nitrogen and oxygen atoms in total. The van der Waals surface area contributed by atoms with E-state index in [1.165, 1.54) is 0 Å². The van der Waals surface area contributed by atoms with Crippen LogP contribution in [0, 0.1) is 18.3 Å². The number of anilines is 1. The molecule has 0 aliphatic carbocycles. The first kappa shape index (κ1) is 23.5. The molecule has 0 unspecified atom stereocenters. The molecule has 0 aliphatic rings. The molecule has 0 saturated carbocycles. The summed E-state index contributed by atoms with van der Waals surface area (Å²) in [6.45, 7) is 1.85. The molecule has 0 fully saturated rings. The van der Waals surface area contributed by atoms with E-state index in [1.807, 2.05) is 25.1 Å². The summed E-state index contributed by atoms with van der Waals surface area (Å²) >= 11 is 6.99. The fraction of sp³-hybridized carbons (Fsp3) is 0.125. The second-order valence-electron chi connectivity index (χ2n) is 6.82. The standard InChI is InChI=1S/C24H18Br2N2O4/c1-15-10-19(25)23(20(26)11-15)31-13-16-6-8-17(9-7-16)24(30)32-14-22(29)28-21-5-3-2-4-18(21)12-27/h2-11H,13-14H2,1H3,(H,28,29). The monoisotopic (exact) mass is 556 g/mol. The molecule has 1 amide bonds. The molecule has 8 heteroatoms. The Morgan fingerprint density at radius 3 is 2.34 bits per heavy atom. The summed E-state index contributed by atoms with van der Waals surface area (Å²) in [5.74, 6) is -0.450. The molecule has 162 valence electrons. The quantitative estimate of drug-likeness (QED) is 0.373. The van der Waals surface area contributed by atoms with Gasteiger partial charge in [0, 0.05) is 0 Å². The molecule has 32 heavy (non-hydrogen) atoms. The molecule has 3 rings (SSSR count). The van der Waals surface area contributed by atoms with Crippen LogP contribution in [-0.2, 0) is 16.1 Å². The van der Waals surface area contributed by atoms with Gasteiger partial charge in [0.15, 0.2) is 6.61 Å². The number of nitrogens with zero attached hydrogens (tertiary/aromatic N) is 1. The van der Waals surface area contributed by atoms with Crippen molar-refractivity contribution in [2.24, 2.45) is 0 Å². The highest BCUT2D eigenvalue weighted by atomic mass is 79.9. The van der Waals surface area contributed by atoms with Gasteiger partial charge in [-0.3, -0.25) is 4.79 Å². The Morgan fingerprint density at radius 1 is 1.03 bits per heavy atom. The van der Waals surface area contributed by atoms with E-state index >= 15 is 0 Å². The molecule has 1 N–H and O–H groups in total. The van der Waals surface area contributed by atoms with Crippen LogP contribution >= 0.6 is 31.9 Å². The van der Waals surface area contributed by atoms with Gasteiger partial charge < -0.3 is 14.8 Å². The average Bonchev–Trinajstić information content (AvgIpc) is 2.77. The molecular formula is C24H18Br2N2O4. The Bertz CT molecular complexity index is 1160.